The van der Waals surface area contributed by atoms with Crippen molar-refractivity contribution in [1.29, 1.82) is 0 Å². The van der Waals surface area contributed by atoms with Gasteiger partial charge in [-0.25, -0.2) is 9.89 Å². The highest BCUT2D eigenvalue weighted by atomic mass is 35.5. The van der Waals surface area contributed by atoms with E-state index in [0.717, 1.165) is 0 Å². The molecule has 0 aliphatic carbocycles. The molecule has 0 saturated heterocycles. The van der Waals surface area contributed by atoms with Gasteiger partial charge in [-0.1, -0.05) is 11.6 Å². The number of nitrogens with one attached hydrogen (secondary N) is 2. The molecule has 9 heteroatoms. The normalized spacial score (nSPS) is 10.6. The lowest BCUT2D eigenvalue weighted by molar-refractivity contribution is 0.355. The van der Waals surface area contributed by atoms with E-state index in [0.29, 0.717) is 22.1 Å². The Hall–Kier alpha value is -2.61. The molecule has 0 fully saturated rings. The monoisotopic (exact) mass is 309 g/mol. The van der Waals surface area contributed by atoms with Crippen LogP contribution in [0.15, 0.2) is 28.2 Å². The molecular formula is C12H12ClN5O3. The molecule has 0 atom stereocenters. The van der Waals surface area contributed by atoms with Crippen LogP contribution >= 0.6 is 11.6 Å². The van der Waals surface area contributed by atoms with Crippen molar-refractivity contribution in [2.45, 2.75) is 0 Å². The first-order chi connectivity index (χ1) is 10.2. The number of halogens is 1. The fourth-order valence-electron chi connectivity index (χ4n) is 1.54. The van der Waals surface area contributed by atoms with Gasteiger partial charge in [0.25, 0.3) is 0 Å². The molecule has 0 aliphatic heterocycles. The highest BCUT2D eigenvalue weighted by Gasteiger charge is 2.11. The summed E-state index contributed by atoms with van der Waals surface area (Å²) in [5.74, 6) is 1.15. The van der Waals surface area contributed by atoms with Crippen LogP contribution in [0, 0.1) is 0 Å². The minimum atomic E-state index is -0.570. The van der Waals surface area contributed by atoms with Crippen LogP contribution in [0.25, 0.3) is 0 Å². The Morgan fingerprint density at radius 3 is 2.86 bits per heavy atom. The van der Waals surface area contributed by atoms with Crippen LogP contribution in [0.3, 0.4) is 0 Å². The first kappa shape index (κ1) is 14.8. The Bertz CT molecular complexity index is 716. The second-order valence-corrected chi connectivity index (χ2v) is 4.12. The van der Waals surface area contributed by atoms with Gasteiger partial charge in [-0.15, -0.1) is 0 Å². The summed E-state index contributed by atoms with van der Waals surface area (Å²) in [6.45, 7) is 0. The molecule has 1 aromatic carbocycles. The SMILES string of the molecule is COc1ccc(/C=N/Nc2cn[nH]c(=O)n2)c(Cl)c1OC. The van der Waals surface area contributed by atoms with Gasteiger partial charge in [0, 0.05) is 5.56 Å². The largest absolute Gasteiger partial charge is 0.493 e. The predicted octanol–water partition coefficient (Wildman–Crippen LogP) is 1.28. The molecule has 0 unspecified atom stereocenters. The smallest absolute Gasteiger partial charge is 0.363 e. The van der Waals surface area contributed by atoms with Gasteiger partial charge in [0.15, 0.2) is 17.3 Å². The molecule has 2 rings (SSSR count). The molecule has 110 valence electrons. The zero-order chi connectivity index (χ0) is 15.2. The summed E-state index contributed by atoms with van der Waals surface area (Å²) in [5.41, 5.74) is 2.61. The number of H-pyrrole nitrogens is 1. The molecule has 0 aliphatic rings. The highest BCUT2D eigenvalue weighted by Crippen LogP contribution is 2.36. The van der Waals surface area contributed by atoms with E-state index >= 15 is 0 Å². The van der Waals surface area contributed by atoms with E-state index in [1.54, 1.807) is 12.1 Å². The summed E-state index contributed by atoms with van der Waals surface area (Å²) >= 11 is 6.19. The third-order valence-corrected chi connectivity index (χ3v) is 2.86. The van der Waals surface area contributed by atoms with Crippen LogP contribution in [-0.4, -0.2) is 35.6 Å². The van der Waals surface area contributed by atoms with Crippen LogP contribution in [0.5, 0.6) is 11.5 Å². The molecular weight excluding hydrogens is 298 g/mol. The third-order valence-electron chi connectivity index (χ3n) is 2.47. The summed E-state index contributed by atoms with van der Waals surface area (Å²) in [4.78, 5) is 14.6. The zero-order valence-corrected chi connectivity index (χ0v) is 12.0. The number of hydrazone groups is 1. The van der Waals surface area contributed by atoms with Gasteiger partial charge >= 0.3 is 5.69 Å². The molecule has 2 N–H and O–H groups in total. The van der Waals surface area contributed by atoms with Gasteiger partial charge in [0.05, 0.1) is 31.7 Å². The Morgan fingerprint density at radius 1 is 1.38 bits per heavy atom. The lowest BCUT2D eigenvalue weighted by Gasteiger charge is -2.10. The van der Waals surface area contributed by atoms with Crippen molar-refractivity contribution >= 4 is 23.6 Å². The number of aromatic nitrogens is 3. The number of aromatic amines is 1. The number of methoxy groups -OCH3 is 2. The van der Waals surface area contributed by atoms with E-state index in [1.807, 2.05) is 0 Å². The number of hydrogen-bond acceptors (Lipinski definition) is 7. The first-order valence-electron chi connectivity index (χ1n) is 5.77. The van der Waals surface area contributed by atoms with Gasteiger partial charge in [0.2, 0.25) is 0 Å². The lowest BCUT2D eigenvalue weighted by Crippen LogP contribution is -2.13. The minimum absolute atomic E-state index is 0.214. The molecule has 1 aromatic heterocycles. The molecule has 1 heterocycles. The maximum atomic E-state index is 11.0. The quantitative estimate of drug-likeness (QED) is 0.637. The standard InChI is InChI=1S/C12H12ClN5O3/c1-20-8-4-3-7(10(13)11(8)21-2)5-14-17-9-6-15-18-12(19)16-9/h3-6H,1-2H3,(H2,16,17,18,19)/b14-5+. The fourth-order valence-corrected chi connectivity index (χ4v) is 1.82. The van der Waals surface area contributed by atoms with Crippen molar-refractivity contribution in [3.05, 3.63) is 39.4 Å². The van der Waals surface area contributed by atoms with Crippen molar-refractivity contribution in [2.75, 3.05) is 19.6 Å². The molecule has 0 radical (unpaired) electrons. The summed E-state index contributed by atoms with van der Waals surface area (Å²) in [6, 6.07) is 3.43. The Morgan fingerprint density at radius 2 is 2.19 bits per heavy atom. The van der Waals surface area contributed by atoms with E-state index < -0.39 is 5.69 Å². The number of ether oxygens (including phenoxy) is 2. The Kier molecular flexibility index (Phi) is 4.72. The van der Waals surface area contributed by atoms with E-state index in [4.69, 9.17) is 21.1 Å². The van der Waals surface area contributed by atoms with E-state index in [-0.39, 0.29) is 5.82 Å². The molecule has 8 nitrogen and oxygen atoms in total. The Balaban J connectivity index is 2.19. The number of anilines is 1. The van der Waals surface area contributed by atoms with Crippen molar-refractivity contribution in [3.63, 3.8) is 0 Å². The second kappa shape index (κ2) is 6.71. The van der Waals surface area contributed by atoms with Gasteiger partial charge in [-0.2, -0.15) is 15.2 Å². The highest BCUT2D eigenvalue weighted by molar-refractivity contribution is 6.34. The van der Waals surface area contributed by atoms with Gasteiger partial charge in [-0.05, 0) is 12.1 Å². The van der Waals surface area contributed by atoms with E-state index in [1.165, 1.54) is 26.6 Å². The first-order valence-corrected chi connectivity index (χ1v) is 6.14. The Labute approximate surface area is 124 Å². The van der Waals surface area contributed by atoms with Crippen LogP contribution < -0.4 is 20.6 Å². The minimum Gasteiger partial charge on any atom is -0.493 e. The van der Waals surface area contributed by atoms with Gasteiger partial charge in [-0.3, -0.25) is 5.43 Å². The molecule has 21 heavy (non-hydrogen) atoms. The number of nitrogens with zero attached hydrogens (tertiary/aromatic N) is 3. The molecule has 0 spiro atoms. The number of hydrogen-bond donors (Lipinski definition) is 2. The maximum absolute atomic E-state index is 11.0. The van der Waals surface area contributed by atoms with Gasteiger partial charge < -0.3 is 9.47 Å². The summed E-state index contributed by atoms with van der Waals surface area (Å²) < 4.78 is 10.3. The zero-order valence-electron chi connectivity index (χ0n) is 11.3. The molecule has 2 aromatic rings. The summed E-state index contributed by atoms with van der Waals surface area (Å²) in [7, 11) is 3.02. The summed E-state index contributed by atoms with van der Waals surface area (Å²) in [5, 5.41) is 10.0. The van der Waals surface area contributed by atoms with E-state index in [2.05, 4.69) is 25.7 Å². The van der Waals surface area contributed by atoms with Gasteiger partial charge in [0.1, 0.15) is 0 Å². The summed E-state index contributed by atoms with van der Waals surface area (Å²) in [6.07, 6.45) is 2.79. The predicted molar refractivity (Wildman–Crippen MR) is 78.4 cm³/mol. The average molecular weight is 310 g/mol. The van der Waals surface area contributed by atoms with Crippen molar-refractivity contribution in [1.82, 2.24) is 15.2 Å². The number of benzene rings is 1. The average Bonchev–Trinajstić information content (AvgIpc) is 2.48. The topological polar surface area (TPSA) is 101 Å². The van der Waals surface area contributed by atoms with Crippen molar-refractivity contribution in [2.24, 2.45) is 5.10 Å². The van der Waals surface area contributed by atoms with E-state index in [9.17, 15) is 4.79 Å². The number of rotatable bonds is 5. The van der Waals surface area contributed by atoms with Crippen LogP contribution in [0.1, 0.15) is 5.56 Å². The molecule has 0 saturated carbocycles. The van der Waals surface area contributed by atoms with Crippen molar-refractivity contribution < 1.29 is 9.47 Å². The van der Waals surface area contributed by atoms with Crippen LogP contribution in [0.4, 0.5) is 5.82 Å². The molecule has 0 amide bonds. The lowest BCUT2D eigenvalue weighted by atomic mass is 10.2. The van der Waals surface area contributed by atoms with Crippen molar-refractivity contribution in [3.8, 4) is 11.5 Å². The third kappa shape index (κ3) is 3.48. The van der Waals surface area contributed by atoms with Crippen LogP contribution in [-0.2, 0) is 0 Å². The van der Waals surface area contributed by atoms with Crippen LogP contribution in [0.2, 0.25) is 5.02 Å². The maximum Gasteiger partial charge on any atom is 0.363 e. The fraction of sp³-hybridized carbons (Fsp3) is 0.167. The second-order valence-electron chi connectivity index (χ2n) is 3.75. The molecule has 0 bridgehead atoms.